The van der Waals surface area contributed by atoms with E-state index >= 15 is 0 Å². The molecule has 132 valence electrons. The first kappa shape index (κ1) is 17.3. The Balaban J connectivity index is 1.85. The van der Waals surface area contributed by atoms with Gasteiger partial charge in [-0.1, -0.05) is 24.3 Å². The van der Waals surface area contributed by atoms with Crippen LogP contribution in [-0.2, 0) is 11.2 Å². The van der Waals surface area contributed by atoms with Gasteiger partial charge in [0.25, 0.3) is 5.91 Å². The van der Waals surface area contributed by atoms with Gasteiger partial charge >= 0.3 is 5.97 Å². The quantitative estimate of drug-likeness (QED) is 0.923. The molecule has 1 aromatic heterocycles. The average Bonchev–Trinajstić information content (AvgIpc) is 3.10. The van der Waals surface area contributed by atoms with Crippen molar-refractivity contribution in [3.05, 3.63) is 58.5 Å². The molecule has 2 aromatic rings. The third kappa shape index (κ3) is 3.31. The van der Waals surface area contributed by atoms with Crippen molar-refractivity contribution < 1.29 is 19.1 Å². The predicted octanol–water partition coefficient (Wildman–Crippen LogP) is 3.54. The van der Waals surface area contributed by atoms with E-state index in [1.807, 2.05) is 24.0 Å². The molecule has 25 heavy (non-hydrogen) atoms. The summed E-state index contributed by atoms with van der Waals surface area (Å²) in [5, 5.41) is 9.04. The topological polar surface area (TPSA) is 70.8 Å². The van der Waals surface area contributed by atoms with Gasteiger partial charge in [0, 0.05) is 24.1 Å². The van der Waals surface area contributed by atoms with Crippen LogP contribution >= 0.6 is 0 Å². The Morgan fingerprint density at radius 3 is 2.64 bits per heavy atom. The van der Waals surface area contributed by atoms with Crippen molar-refractivity contribution in [3.63, 3.8) is 0 Å². The maximum Gasteiger partial charge on any atom is 0.311 e. The fourth-order valence-electron chi connectivity index (χ4n) is 3.78. The van der Waals surface area contributed by atoms with Crippen LogP contribution in [0.15, 0.2) is 34.9 Å². The lowest BCUT2D eigenvalue weighted by Gasteiger charge is -2.22. The standard InChI is InChI=1S/C20H23NO4/c1-12-6-4-5-7-16(12)15-8-14(3)21(10-15)20(24)19-13(2)11-25-17(19)9-18(22)23/h4-7,11,14-15H,8-10H2,1-3H3,(H,22,23). The molecule has 0 radical (unpaired) electrons. The zero-order valence-corrected chi connectivity index (χ0v) is 14.8. The number of likely N-dealkylation sites (tertiary alicyclic amines) is 1. The highest BCUT2D eigenvalue weighted by molar-refractivity contribution is 5.97. The summed E-state index contributed by atoms with van der Waals surface area (Å²) in [6.45, 7) is 6.56. The van der Waals surface area contributed by atoms with Crippen LogP contribution in [0, 0.1) is 13.8 Å². The Hall–Kier alpha value is -2.56. The molecule has 1 saturated heterocycles. The zero-order chi connectivity index (χ0) is 18.1. The van der Waals surface area contributed by atoms with Crippen LogP contribution in [0.3, 0.4) is 0 Å². The van der Waals surface area contributed by atoms with E-state index in [4.69, 9.17) is 9.52 Å². The fraction of sp³-hybridized carbons (Fsp3) is 0.400. The van der Waals surface area contributed by atoms with Crippen LogP contribution in [0.25, 0.3) is 0 Å². The summed E-state index contributed by atoms with van der Waals surface area (Å²) in [7, 11) is 0. The minimum atomic E-state index is -1.00. The minimum Gasteiger partial charge on any atom is -0.481 e. The van der Waals surface area contributed by atoms with Gasteiger partial charge < -0.3 is 14.4 Å². The summed E-state index contributed by atoms with van der Waals surface area (Å²) < 4.78 is 5.32. The first-order valence-corrected chi connectivity index (χ1v) is 8.53. The van der Waals surface area contributed by atoms with Gasteiger partial charge in [-0.2, -0.15) is 0 Å². The van der Waals surface area contributed by atoms with E-state index in [1.165, 1.54) is 17.4 Å². The van der Waals surface area contributed by atoms with Gasteiger partial charge in [-0.25, -0.2) is 0 Å². The van der Waals surface area contributed by atoms with Crippen LogP contribution in [0.2, 0.25) is 0 Å². The number of amides is 1. The Labute approximate surface area is 147 Å². The minimum absolute atomic E-state index is 0.101. The maximum atomic E-state index is 13.1. The number of carboxylic acid groups (broad SMARTS) is 1. The summed E-state index contributed by atoms with van der Waals surface area (Å²) in [6.07, 6.45) is 2.09. The summed E-state index contributed by atoms with van der Waals surface area (Å²) in [5.41, 5.74) is 3.60. The molecule has 1 N–H and O–H groups in total. The SMILES string of the molecule is Cc1ccccc1C1CC(C)N(C(=O)c2c(C)coc2CC(=O)O)C1. The van der Waals surface area contributed by atoms with Gasteiger partial charge in [-0.3, -0.25) is 9.59 Å². The highest BCUT2D eigenvalue weighted by Gasteiger charge is 2.36. The molecule has 1 aliphatic rings. The third-order valence-corrected chi connectivity index (χ3v) is 5.04. The van der Waals surface area contributed by atoms with Crippen LogP contribution in [0.4, 0.5) is 0 Å². The molecular formula is C20H23NO4. The second kappa shape index (κ2) is 6.75. The van der Waals surface area contributed by atoms with Crippen LogP contribution in [-0.4, -0.2) is 34.5 Å². The van der Waals surface area contributed by atoms with E-state index in [2.05, 4.69) is 19.1 Å². The number of carboxylic acids is 1. The van der Waals surface area contributed by atoms with Gasteiger partial charge in [-0.15, -0.1) is 0 Å². The maximum absolute atomic E-state index is 13.1. The number of aryl methyl sites for hydroxylation is 2. The first-order valence-electron chi connectivity index (χ1n) is 8.53. The van der Waals surface area contributed by atoms with E-state index in [1.54, 1.807) is 6.92 Å². The molecule has 2 heterocycles. The first-order chi connectivity index (χ1) is 11.9. The van der Waals surface area contributed by atoms with Gasteiger partial charge in [0.15, 0.2) is 0 Å². The summed E-state index contributed by atoms with van der Waals surface area (Å²) >= 11 is 0. The van der Waals surface area contributed by atoms with E-state index in [9.17, 15) is 9.59 Å². The molecular weight excluding hydrogens is 318 g/mol. The molecule has 1 aliphatic heterocycles. The summed E-state index contributed by atoms with van der Waals surface area (Å²) in [4.78, 5) is 26.0. The van der Waals surface area contributed by atoms with Crippen molar-refractivity contribution in [1.82, 2.24) is 4.90 Å². The van der Waals surface area contributed by atoms with Crippen LogP contribution in [0.5, 0.6) is 0 Å². The van der Waals surface area contributed by atoms with Crippen molar-refractivity contribution in [3.8, 4) is 0 Å². The van der Waals surface area contributed by atoms with Gasteiger partial charge in [0.2, 0.25) is 0 Å². The largest absolute Gasteiger partial charge is 0.481 e. The van der Waals surface area contributed by atoms with E-state index in [-0.39, 0.29) is 24.1 Å². The number of aliphatic carboxylic acids is 1. The Morgan fingerprint density at radius 2 is 1.96 bits per heavy atom. The van der Waals surface area contributed by atoms with Gasteiger partial charge in [-0.05, 0) is 38.3 Å². The highest BCUT2D eigenvalue weighted by Crippen LogP contribution is 2.35. The number of hydrogen-bond donors (Lipinski definition) is 1. The van der Waals surface area contributed by atoms with Crippen LogP contribution in [0.1, 0.15) is 52.1 Å². The van der Waals surface area contributed by atoms with Crippen molar-refractivity contribution in [2.75, 3.05) is 6.54 Å². The lowest BCUT2D eigenvalue weighted by molar-refractivity contribution is -0.136. The monoisotopic (exact) mass is 341 g/mol. The van der Waals surface area contributed by atoms with Crippen molar-refractivity contribution in [2.45, 2.75) is 45.6 Å². The Kier molecular flexibility index (Phi) is 4.66. The number of hydrogen-bond acceptors (Lipinski definition) is 3. The molecule has 0 aliphatic carbocycles. The molecule has 0 bridgehead atoms. The molecule has 2 atom stereocenters. The molecule has 0 saturated carbocycles. The van der Waals surface area contributed by atoms with Gasteiger partial charge in [0.1, 0.15) is 12.2 Å². The van der Waals surface area contributed by atoms with Crippen molar-refractivity contribution in [2.24, 2.45) is 0 Å². The Morgan fingerprint density at radius 1 is 1.24 bits per heavy atom. The van der Waals surface area contributed by atoms with E-state index in [0.717, 1.165) is 6.42 Å². The average molecular weight is 341 g/mol. The van der Waals surface area contributed by atoms with Gasteiger partial charge in [0.05, 0.1) is 11.8 Å². The number of benzene rings is 1. The normalized spacial score (nSPS) is 20.0. The van der Waals surface area contributed by atoms with E-state index in [0.29, 0.717) is 23.6 Å². The summed E-state index contributed by atoms with van der Waals surface area (Å²) in [6, 6.07) is 8.37. The van der Waals surface area contributed by atoms with Crippen LogP contribution < -0.4 is 0 Å². The predicted molar refractivity (Wildman–Crippen MR) is 93.8 cm³/mol. The second-order valence-corrected chi connectivity index (χ2v) is 6.88. The summed E-state index contributed by atoms with van der Waals surface area (Å²) in [5.74, 6) is -0.599. The highest BCUT2D eigenvalue weighted by atomic mass is 16.4. The fourth-order valence-corrected chi connectivity index (χ4v) is 3.78. The molecule has 1 aromatic carbocycles. The molecule has 1 amide bonds. The second-order valence-electron chi connectivity index (χ2n) is 6.88. The number of rotatable bonds is 4. The molecule has 0 spiro atoms. The number of furan rings is 1. The lowest BCUT2D eigenvalue weighted by atomic mass is 9.93. The molecule has 1 fully saturated rings. The molecule has 5 heteroatoms. The number of nitrogens with zero attached hydrogens (tertiary/aromatic N) is 1. The zero-order valence-electron chi connectivity index (χ0n) is 14.8. The molecule has 2 unspecified atom stereocenters. The van der Waals surface area contributed by atoms with E-state index < -0.39 is 5.97 Å². The number of carbonyl (C=O) groups excluding carboxylic acids is 1. The molecule has 3 rings (SSSR count). The van der Waals surface area contributed by atoms with Crippen molar-refractivity contribution in [1.29, 1.82) is 0 Å². The number of carbonyl (C=O) groups is 2. The third-order valence-electron chi connectivity index (χ3n) is 5.04. The lowest BCUT2D eigenvalue weighted by Crippen LogP contribution is -2.34. The Bertz CT molecular complexity index is 808. The van der Waals surface area contributed by atoms with Crippen molar-refractivity contribution >= 4 is 11.9 Å². The smallest absolute Gasteiger partial charge is 0.311 e. The molecule has 5 nitrogen and oxygen atoms in total.